The van der Waals surface area contributed by atoms with E-state index in [1.807, 2.05) is 18.7 Å². The van der Waals surface area contributed by atoms with E-state index in [0.29, 0.717) is 6.54 Å². The Morgan fingerprint density at radius 1 is 1.19 bits per heavy atom. The average molecular weight is 321 g/mol. The third-order valence-corrected chi connectivity index (χ3v) is 4.51. The number of nitrogens with two attached hydrogens (primary N) is 1. The van der Waals surface area contributed by atoms with Crippen LogP contribution in [0.3, 0.4) is 0 Å². The maximum absolute atomic E-state index is 13.6. The Hall–Kier alpha value is -1.25. The number of hydrogen-bond donors (Lipinski definition) is 2. The molecule has 0 aliphatic rings. The molecule has 0 aliphatic heterocycles. The Labute approximate surface area is 124 Å². The summed E-state index contributed by atoms with van der Waals surface area (Å²) < 4.78 is 53.4. The summed E-state index contributed by atoms with van der Waals surface area (Å²) in [5, 5.41) is 0. The molecule has 0 aromatic heterocycles. The molecular weight excluding hydrogens is 300 g/mol. The van der Waals surface area contributed by atoms with Crippen LogP contribution in [0.1, 0.15) is 20.3 Å². The van der Waals surface area contributed by atoms with Crippen LogP contribution >= 0.6 is 0 Å². The normalized spacial score (nSPS) is 12.0. The number of halogens is 2. The second kappa shape index (κ2) is 7.67. The van der Waals surface area contributed by atoms with E-state index in [0.717, 1.165) is 31.6 Å². The molecule has 0 bridgehead atoms. The molecule has 5 nitrogen and oxygen atoms in total. The average Bonchev–Trinajstić information content (AvgIpc) is 2.35. The van der Waals surface area contributed by atoms with Crippen molar-refractivity contribution in [3.63, 3.8) is 0 Å². The third kappa shape index (κ3) is 4.90. The van der Waals surface area contributed by atoms with Gasteiger partial charge in [-0.15, -0.1) is 0 Å². The standard InChI is InChI=1S/C13H21F2N3O2S/c1-3-6-18(4-2)7-5-17-21(19,20)13-11(14)8-10(16)9-12(13)15/h8-9,17H,3-7,16H2,1-2H3. The maximum atomic E-state index is 13.6. The molecule has 0 spiro atoms. The number of nitrogen functional groups attached to an aromatic ring is 1. The molecular formula is C13H21F2N3O2S. The van der Waals surface area contributed by atoms with Gasteiger partial charge in [0.25, 0.3) is 0 Å². The van der Waals surface area contributed by atoms with Gasteiger partial charge < -0.3 is 10.6 Å². The highest BCUT2D eigenvalue weighted by atomic mass is 32.2. The molecule has 0 saturated carbocycles. The van der Waals surface area contributed by atoms with Crippen LogP contribution in [0.4, 0.5) is 14.5 Å². The predicted octanol–water partition coefficient (Wildman–Crippen LogP) is 1.56. The first-order valence-electron chi connectivity index (χ1n) is 6.78. The molecule has 1 aromatic carbocycles. The maximum Gasteiger partial charge on any atom is 0.246 e. The van der Waals surface area contributed by atoms with Gasteiger partial charge in [0.15, 0.2) is 4.90 Å². The molecule has 1 rings (SSSR count). The van der Waals surface area contributed by atoms with Crippen molar-refractivity contribution in [1.29, 1.82) is 0 Å². The summed E-state index contributed by atoms with van der Waals surface area (Å²) in [5.41, 5.74) is 5.10. The van der Waals surface area contributed by atoms with Gasteiger partial charge in [-0.25, -0.2) is 21.9 Å². The van der Waals surface area contributed by atoms with Crippen LogP contribution in [0.25, 0.3) is 0 Å². The van der Waals surface area contributed by atoms with Gasteiger partial charge in [-0.05, 0) is 31.6 Å². The van der Waals surface area contributed by atoms with Crippen LogP contribution in [0, 0.1) is 11.6 Å². The Kier molecular flexibility index (Phi) is 6.50. The molecule has 120 valence electrons. The van der Waals surface area contributed by atoms with E-state index in [2.05, 4.69) is 4.72 Å². The molecule has 0 unspecified atom stereocenters. The van der Waals surface area contributed by atoms with Crippen molar-refractivity contribution < 1.29 is 17.2 Å². The minimum atomic E-state index is -4.24. The van der Waals surface area contributed by atoms with Crippen molar-refractivity contribution in [3.05, 3.63) is 23.8 Å². The highest BCUT2D eigenvalue weighted by Gasteiger charge is 2.24. The van der Waals surface area contributed by atoms with Crippen molar-refractivity contribution in [1.82, 2.24) is 9.62 Å². The quantitative estimate of drug-likeness (QED) is 0.713. The van der Waals surface area contributed by atoms with Gasteiger partial charge in [0.1, 0.15) is 11.6 Å². The Morgan fingerprint density at radius 3 is 2.24 bits per heavy atom. The highest BCUT2D eigenvalue weighted by Crippen LogP contribution is 2.21. The number of hydrogen-bond acceptors (Lipinski definition) is 4. The van der Waals surface area contributed by atoms with E-state index in [9.17, 15) is 17.2 Å². The molecule has 1 aromatic rings. The molecule has 0 heterocycles. The Balaban J connectivity index is 2.79. The second-order valence-electron chi connectivity index (χ2n) is 4.65. The lowest BCUT2D eigenvalue weighted by Gasteiger charge is -2.19. The van der Waals surface area contributed by atoms with E-state index in [1.54, 1.807) is 0 Å². The van der Waals surface area contributed by atoms with E-state index in [-0.39, 0.29) is 12.2 Å². The molecule has 21 heavy (non-hydrogen) atoms. The van der Waals surface area contributed by atoms with Crippen molar-refractivity contribution in [2.75, 3.05) is 31.9 Å². The van der Waals surface area contributed by atoms with Gasteiger partial charge in [-0.2, -0.15) is 0 Å². The minimum Gasteiger partial charge on any atom is -0.399 e. The summed E-state index contributed by atoms with van der Waals surface area (Å²) in [4.78, 5) is 1.05. The second-order valence-corrected chi connectivity index (χ2v) is 6.35. The first-order chi connectivity index (χ1) is 9.81. The monoisotopic (exact) mass is 321 g/mol. The van der Waals surface area contributed by atoms with Gasteiger partial charge >= 0.3 is 0 Å². The number of rotatable bonds is 8. The van der Waals surface area contributed by atoms with Gasteiger partial charge in [-0.3, -0.25) is 0 Å². The van der Waals surface area contributed by atoms with Crippen LogP contribution in [-0.4, -0.2) is 39.5 Å². The van der Waals surface area contributed by atoms with Crippen LogP contribution in [0.5, 0.6) is 0 Å². The number of anilines is 1. The third-order valence-electron chi connectivity index (χ3n) is 3.00. The summed E-state index contributed by atoms with van der Waals surface area (Å²) in [5.74, 6) is -2.39. The predicted molar refractivity (Wildman–Crippen MR) is 78.4 cm³/mol. The van der Waals surface area contributed by atoms with Gasteiger partial charge in [0.2, 0.25) is 10.0 Å². The van der Waals surface area contributed by atoms with Crippen molar-refractivity contribution in [2.45, 2.75) is 25.2 Å². The lowest BCUT2D eigenvalue weighted by molar-refractivity contribution is 0.293. The van der Waals surface area contributed by atoms with E-state index < -0.39 is 26.6 Å². The summed E-state index contributed by atoms with van der Waals surface area (Å²) >= 11 is 0. The van der Waals surface area contributed by atoms with Crippen LogP contribution in [0.2, 0.25) is 0 Å². The number of benzene rings is 1. The van der Waals surface area contributed by atoms with Crippen LogP contribution in [-0.2, 0) is 10.0 Å². The van der Waals surface area contributed by atoms with Crippen LogP contribution < -0.4 is 10.5 Å². The van der Waals surface area contributed by atoms with Crippen molar-refractivity contribution in [2.24, 2.45) is 0 Å². The van der Waals surface area contributed by atoms with Crippen molar-refractivity contribution in [3.8, 4) is 0 Å². The smallest absolute Gasteiger partial charge is 0.246 e. The first-order valence-corrected chi connectivity index (χ1v) is 8.26. The van der Waals surface area contributed by atoms with Gasteiger partial charge in [0, 0.05) is 18.8 Å². The number of likely N-dealkylation sites (N-methyl/N-ethyl adjacent to an activating group) is 1. The summed E-state index contributed by atoms with van der Waals surface area (Å²) in [7, 11) is -4.24. The number of nitrogens with one attached hydrogen (secondary N) is 1. The lowest BCUT2D eigenvalue weighted by Crippen LogP contribution is -2.35. The zero-order valence-electron chi connectivity index (χ0n) is 12.2. The highest BCUT2D eigenvalue weighted by molar-refractivity contribution is 7.89. The molecule has 0 atom stereocenters. The lowest BCUT2D eigenvalue weighted by atomic mass is 10.3. The molecule has 8 heteroatoms. The van der Waals surface area contributed by atoms with E-state index >= 15 is 0 Å². The van der Waals surface area contributed by atoms with Gasteiger partial charge in [-0.1, -0.05) is 13.8 Å². The number of nitrogens with zero attached hydrogens (tertiary/aromatic N) is 1. The topological polar surface area (TPSA) is 75.4 Å². The van der Waals surface area contributed by atoms with Crippen molar-refractivity contribution >= 4 is 15.7 Å². The largest absolute Gasteiger partial charge is 0.399 e. The summed E-state index contributed by atoms with van der Waals surface area (Å²) in [6.07, 6.45) is 0.946. The minimum absolute atomic E-state index is 0.0828. The molecule has 0 radical (unpaired) electrons. The molecule has 3 N–H and O–H groups in total. The zero-order chi connectivity index (χ0) is 16.0. The van der Waals surface area contributed by atoms with E-state index in [4.69, 9.17) is 5.73 Å². The SMILES string of the molecule is CCCN(CC)CCNS(=O)(=O)c1c(F)cc(N)cc1F. The summed E-state index contributed by atoms with van der Waals surface area (Å²) in [6.45, 7) is 6.15. The first kappa shape index (κ1) is 17.8. The molecule has 0 aliphatic carbocycles. The zero-order valence-corrected chi connectivity index (χ0v) is 13.0. The fraction of sp³-hybridized carbons (Fsp3) is 0.538. The number of sulfonamides is 1. The fourth-order valence-electron chi connectivity index (χ4n) is 1.99. The Morgan fingerprint density at radius 2 is 1.76 bits per heavy atom. The Bertz CT molecular complexity index is 556. The molecule has 0 amide bonds. The van der Waals surface area contributed by atoms with E-state index in [1.165, 1.54) is 0 Å². The van der Waals surface area contributed by atoms with Gasteiger partial charge in [0.05, 0.1) is 0 Å². The van der Waals surface area contributed by atoms with Crippen LogP contribution in [0.15, 0.2) is 17.0 Å². The molecule has 0 fully saturated rings. The molecule has 0 saturated heterocycles. The summed E-state index contributed by atoms with van der Waals surface area (Å²) in [6, 6.07) is 1.57. The fourth-order valence-corrected chi connectivity index (χ4v) is 3.13.